The molecule has 2 nitrogen and oxygen atoms in total. The van der Waals surface area contributed by atoms with Gasteiger partial charge < -0.3 is 10.1 Å². The minimum atomic E-state index is -0.582. The summed E-state index contributed by atoms with van der Waals surface area (Å²) in [5.41, 5.74) is 2.35. The lowest BCUT2D eigenvalue weighted by Gasteiger charge is -2.21. The predicted molar refractivity (Wildman–Crippen MR) is 80.6 cm³/mol. The Morgan fingerprint density at radius 2 is 2.00 bits per heavy atom. The van der Waals surface area contributed by atoms with Gasteiger partial charge in [-0.3, -0.25) is 0 Å². The summed E-state index contributed by atoms with van der Waals surface area (Å²) in [6.45, 7) is 0.626. The topological polar surface area (TPSA) is 21.3 Å². The molecule has 21 heavy (non-hydrogen) atoms. The molecule has 1 aliphatic heterocycles. The summed E-state index contributed by atoms with van der Waals surface area (Å²) in [7, 11) is 1.75. The molecular weight excluding hydrogens is 340 g/mol. The highest BCUT2D eigenvalue weighted by Gasteiger charge is 2.25. The van der Waals surface area contributed by atoms with Crippen molar-refractivity contribution in [3.63, 3.8) is 0 Å². The fraction of sp³-hybridized carbons (Fsp3) is 0.250. The first-order valence-electron chi connectivity index (χ1n) is 6.67. The summed E-state index contributed by atoms with van der Waals surface area (Å²) in [6.07, 6.45) is 0.837. The number of hydrogen-bond donors (Lipinski definition) is 1. The van der Waals surface area contributed by atoms with Crippen LogP contribution in [0.25, 0.3) is 0 Å². The van der Waals surface area contributed by atoms with Crippen LogP contribution in [-0.2, 0) is 6.42 Å². The van der Waals surface area contributed by atoms with Gasteiger partial charge in [-0.05, 0) is 30.8 Å². The van der Waals surface area contributed by atoms with Gasteiger partial charge in [0.2, 0.25) is 0 Å². The molecule has 0 fully saturated rings. The third-order valence-electron chi connectivity index (χ3n) is 3.65. The first kappa shape index (κ1) is 14.5. The molecular formula is C16H14BrF2NO. The molecule has 2 aromatic rings. The molecule has 0 saturated carbocycles. The van der Waals surface area contributed by atoms with Crippen molar-refractivity contribution in [2.24, 2.45) is 0 Å². The first-order valence-corrected chi connectivity index (χ1v) is 7.47. The lowest BCUT2D eigenvalue weighted by molar-refractivity contribution is 0.350. The fourth-order valence-corrected chi connectivity index (χ4v) is 3.25. The average molecular weight is 354 g/mol. The van der Waals surface area contributed by atoms with E-state index in [-0.39, 0.29) is 0 Å². The Labute approximate surface area is 130 Å². The Morgan fingerprint density at radius 3 is 2.71 bits per heavy atom. The van der Waals surface area contributed by atoms with Gasteiger partial charge in [-0.2, -0.15) is 0 Å². The van der Waals surface area contributed by atoms with Crippen molar-refractivity contribution in [3.05, 3.63) is 63.1 Å². The van der Waals surface area contributed by atoms with Crippen LogP contribution in [0.3, 0.4) is 0 Å². The third-order valence-corrected chi connectivity index (χ3v) is 4.11. The highest BCUT2D eigenvalue weighted by Crippen LogP contribution is 2.39. The van der Waals surface area contributed by atoms with Gasteiger partial charge >= 0.3 is 0 Å². The predicted octanol–water partition coefficient (Wildman–Crippen LogP) is 3.97. The third kappa shape index (κ3) is 2.68. The van der Waals surface area contributed by atoms with Crippen LogP contribution in [0.5, 0.6) is 5.75 Å². The second kappa shape index (κ2) is 5.73. The summed E-state index contributed by atoms with van der Waals surface area (Å²) in [5.74, 6) is -0.357. The number of halogens is 3. The van der Waals surface area contributed by atoms with Gasteiger partial charge in [0.15, 0.2) is 0 Å². The van der Waals surface area contributed by atoms with Crippen LogP contribution in [0.1, 0.15) is 22.7 Å². The average Bonchev–Trinajstić information content (AvgIpc) is 2.89. The zero-order valence-electron chi connectivity index (χ0n) is 11.4. The number of ether oxygens (including phenoxy) is 1. The van der Waals surface area contributed by atoms with Crippen molar-refractivity contribution < 1.29 is 13.5 Å². The summed E-state index contributed by atoms with van der Waals surface area (Å²) in [6, 6.07) is 7.16. The maximum atomic E-state index is 14.1. The number of nitrogens with one attached hydrogen (secondary N) is 1. The lowest BCUT2D eigenvalue weighted by Crippen LogP contribution is -2.20. The van der Waals surface area contributed by atoms with E-state index in [0.717, 1.165) is 33.8 Å². The standard InChI is InChI=1S/C16H14BrF2NO/c1-20-15(12-3-2-11(18)8-14(12)19)13-7-10(17)6-9-4-5-21-16(9)13/h2-3,6-8,15,20H,4-5H2,1H3. The maximum absolute atomic E-state index is 14.1. The summed E-state index contributed by atoms with van der Waals surface area (Å²) in [5, 5.41) is 3.09. The molecule has 3 rings (SSSR count). The summed E-state index contributed by atoms with van der Waals surface area (Å²) >= 11 is 3.48. The van der Waals surface area contributed by atoms with Crippen LogP contribution in [0.2, 0.25) is 0 Å². The van der Waals surface area contributed by atoms with Gasteiger partial charge in [0.25, 0.3) is 0 Å². The summed E-state index contributed by atoms with van der Waals surface area (Å²) in [4.78, 5) is 0. The van der Waals surface area contributed by atoms with Crippen LogP contribution < -0.4 is 10.1 Å². The van der Waals surface area contributed by atoms with E-state index in [0.29, 0.717) is 12.2 Å². The number of hydrogen-bond acceptors (Lipinski definition) is 2. The van der Waals surface area contributed by atoms with Gasteiger partial charge in [-0.25, -0.2) is 8.78 Å². The van der Waals surface area contributed by atoms with E-state index >= 15 is 0 Å². The Morgan fingerprint density at radius 1 is 1.19 bits per heavy atom. The molecule has 0 radical (unpaired) electrons. The zero-order valence-corrected chi connectivity index (χ0v) is 13.0. The van der Waals surface area contributed by atoms with Crippen LogP contribution in [0, 0.1) is 11.6 Å². The Hall–Kier alpha value is -1.46. The number of benzene rings is 2. The van der Waals surface area contributed by atoms with E-state index in [2.05, 4.69) is 21.2 Å². The minimum Gasteiger partial charge on any atom is -0.493 e. The lowest BCUT2D eigenvalue weighted by atomic mass is 9.95. The first-order chi connectivity index (χ1) is 10.1. The molecule has 0 aromatic heterocycles. The number of fused-ring (bicyclic) bond motifs is 1. The number of rotatable bonds is 3. The van der Waals surface area contributed by atoms with Gasteiger partial charge in [0, 0.05) is 28.1 Å². The van der Waals surface area contributed by atoms with E-state index in [1.807, 2.05) is 12.1 Å². The van der Waals surface area contributed by atoms with Gasteiger partial charge in [0.05, 0.1) is 12.6 Å². The molecule has 1 unspecified atom stereocenters. The van der Waals surface area contributed by atoms with Crippen molar-refractivity contribution >= 4 is 15.9 Å². The van der Waals surface area contributed by atoms with Gasteiger partial charge in [-0.15, -0.1) is 0 Å². The molecule has 1 aliphatic rings. The zero-order chi connectivity index (χ0) is 15.0. The molecule has 0 saturated heterocycles. The Kier molecular flexibility index (Phi) is 3.95. The summed E-state index contributed by atoms with van der Waals surface area (Å²) < 4.78 is 33.8. The molecule has 1 heterocycles. The monoisotopic (exact) mass is 353 g/mol. The molecule has 110 valence electrons. The molecule has 5 heteroatoms. The molecule has 0 bridgehead atoms. The second-order valence-electron chi connectivity index (χ2n) is 4.97. The van der Waals surface area contributed by atoms with E-state index in [4.69, 9.17) is 4.74 Å². The molecule has 2 aromatic carbocycles. The maximum Gasteiger partial charge on any atom is 0.131 e. The Bertz CT molecular complexity index is 690. The van der Waals surface area contributed by atoms with Crippen LogP contribution in [-0.4, -0.2) is 13.7 Å². The quantitative estimate of drug-likeness (QED) is 0.901. The highest BCUT2D eigenvalue weighted by molar-refractivity contribution is 9.10. The second-order valence-corrected chi connectivity index (χ2v) is 5.88. The molecule has 1 N–H and O–H groups in total. The van der Waals surface area contributed by atoms with Crippen molar-refractivity contribution in [2.45, 2.75) is 12.5 Å². The SMILES string of the molecule is CNC(c1ccc(F)cc1F)c1cc(Br)cc2c1OCC2. The van der Waals surface area contributed by atoms with Crippen molar-refractivity contribution in [1.29, 1.82) is 0 Å². The molecule has 0 aliphatic carbocycles. The van der Waals surface area contributed by atoms with Gasteiger partial charge in [0.1, 0.15) is 17.4 Å². The highest BCUT2D eigenvalue weighted by atomic mass is 79.9. The van der Waals surface area contributed by atoms with E-state index < -0.39 is 17.7 Å². The van der Waals surface area contributed by atoms with Crippen LogP contribution in [0.4, 0.5) is 8.78 Å². The van der Waals surface area contributed by atoms with E-state index in [1.54, 1.807) is 7.05 Å². The van der Waals surface area contributed by atoms with Crippen molar-refractivity contribution in [2.75, 3.05) is 13.7 Å². The molecule has 1 atom stereocenters. The van der Waals surface area contributed by atoms with Gasteiger partial charge in [-0.1, -0.05) is 22.0 Å². The minimum absolute atomic E-state index is 0.394. The van der Waals surface area contributed by atoms with Crippen molar-refractivity contribution in [3.8, 4) is 5.75 Å². The van der Waals surface area contributed by atoms with Crippen LogP contribution in [0.15, 0.2) is 34.8 Å². The normalized spacial score (nSPS) is 14.7. The van der Waals surface area contributed by atoms with E-state index in [9.17, 15) is 8.78 Å². The molecule has 0 spiro atoms. The fourth-order valence-electron chi connectivity index (χ4n) is 2.73. The largest absolute Gasteiger partial charge is 0.493 e. The smallest absolute Gasteiger partial charge is 0.131 e. The molecule has 0 amide bonds. The van der Waals surface area contributed by atoms with Crippen LogP contribution >= 0.6 is 15.9 Å². The van der Waals surface area contributed by atoms with E-state index in [1.165, 1.54) is 12.1 Å². The van der Waals surface area contributed by atoms with Crippen molar-refractivity contribution in [1.82, 2.24) is 5.32 Å². The Balaban J connectivity index is 2.13.